The van der Waals surface area contributed by atoms with Crippen molar-refractivity contribution in [1.82, 2.24) is 4.31 Å². The van der Waals surface area contributed by atoms with E-state index < -0.39 is 10.0 Å². The molecule has 0 radical (unpaired) electrons. The summed E-state index contributed by atoms with van der Waals surface area (Å²) < 4.78 is 25.9. The van der Waals surface area contributed by atoms with Gasteiger partial charge in [0.1, 0.15) is 0 Å². The third-order valence-corrected chi connectivity index (χ3v) is 5.22. The van der Waals surface area contributed by atoms with Crippen LogP contribution < -0.4 is 5.73 Å². The van der Waals surface area contributed by atoms with E-state index in [-0.39, 0.29) is 5.41 Å². The third-order valence-electron chi connectivity index (χ3n) is 3.40. The molecular weight excluding hydrogens is 236 g/mol. The highest BCUT2D eigenvalue weighted by molar-refractivity contribution is 7.89. The minimum absolute atomic E-state index is 0.0244. The van der Waals surface area contributed by atoms with Crippen LogP contribution in [0.5, 0.6) is 0 Å². The van der Waals surface area contributed by atoms with E-state index in [1.807, 2.05) is 0 Å². The van der Waals surface area contributed by atoms with Crippen molar-refractivity contribution < 1.29 is 8.42 Å². The van der Waals surface area contributed by atoms with Crippen molar-refractivity contribution in [2.45, 2.75) is 17.7 Å². The topological polar surface area (TPSA) is 63.4 Å². The lowest BCUT2D eigenvalue weighted by Crippen LogP contribution is -2.35. The van der Waals surface area contributed by atoms with Crippen LogP contribution in [0.4, 0.5) is 0 Å². The van der Waals surface area contributed by atoms with Gasteiger partial charge in [0.25, 0.3) is 0 Å². The fourth-order valence-electron chi connectivity index (χ4n) is 1.93. The van der Waals surface area contributed by atoms with Gasteiger partial charge in [-0.15, -0.1) is 0 Å². The Balaban J connectivity index is 2.16. The number of nitrogens with two attached hydrogens (primary N) is 1. The maximum absolute atomic E-state index is 12.2. The summed E-state index contributed by atoms with van der Waals surface area (Å²) in [6, 6.07) is 8.51. The molecule has 0 saturated heterocycles. The van der Waals surface area contributed by atoms with Gasteiger partial charge in [0, 0.05) is 13.6 Å². The normalized spacial score (nSPS) is 18.3. The molecule has 94 valence electrons. The van der Waals surface area contributed by atoms with E-state index in [2.05, 4.69) is 0 Å². The summed E-state index contributed by atoms with van der Waals surface area (Å²) in [5, 5.41) is 0. The lowest BCUT2D eigenvalue weighted by Gasteiger charge is -2.22. The second-order valence-electron chi connectivity index (χ2n) is 4.78. The van der Waals surface area contributed by atoms with Gasteiger partial charge in [0.15, 0.2) is 0 Å². The second-order valence-corrected chi connectivity index (χ2v) is 6.82. The molecule has 2 N–H and O–H groups in total. The predicted octanol–water partition coefficient (Wildman–Crippen LogP) is 1.05. The molecule has 0 aromatic heterocycles. The van der Waals surface area contributed by atoms with Crippen LogP contribution in [0.3, 0.4) is 0 Å². The van der Waals surface area contributed by atoms with Crippen molar-refractivity contribution >= 4 is 10.0 Å². The van der Waals surface area contributed by atoms with Crippen LogP contribution in [-0.4, -0.2) is 32.9 Å². The molecule has 1 fully saturated rings. The summed E-state index contributed by atoms with van der Waals surface area (Å²) in [5.74, 6) is 0. The average Bonchev–Trinajstić information content (AvgIpc) is 3.10. The first-order chi connectivity index (χ1) is 8.00. The number of sulfonamides is 1. The first kappa shape index (κ1) is 12.5. The van der Waals surface area contributed by atoms with E-state index in [1.165, 1.54) is 4.31 Å². The molecule has 17 heavy (non-hydrogen) atoms. The Hall–Kier alpha value is -0.910. The number of hydrogen-bond acceptors (Lipinski definition) is 3. The summed E-state index contributed by atoms with van der Waals surface area (Å²) in [6.07, 6.45) is 2.05. The SMILES string of the molecule is CN(CC1(CN)CC1)S(=O)(=O)c1ccccc1. The second kappa shape index (κ2) is 4.40. The van der Waals surface area contributed by atoms with Crippen molar-refractivity contribution in [2.75, 3.05) is 20.1 Å². The van der Waals surface area contributed by atoms with Crippen molar-refractivity contribution in [3.05, 3.63) is 30.3 Å². The van der Waals surface area contributed by atoms with Gasteiger partial charge in [-0.25, -0.2) is 12.7 Å². The van der Waals surface area contributed by atoms with E-state index in [9.17, 15) is 8.42 Å². The summed E-state index contributed by atoms with van der Waals surface area (Å²) in [5.41, 5.74) is 5.70. The molecular formula is C12H18N2O2S. The van der Waals surface area contributed by atoms with E-state index in [4.69, 9.17) is 5.73 Å². The van der Waals surface area contributed by atoms with Crippen LogP contribution in [0.2, 0.25) is 0 Å². The molecule has 0 heterocycles. The average molecular weight is 254 g/mol. The molecule has 1 aliphatic rings. The Morgan fingerprint density at radius 1 is 1.29 bits per heavy atom. The van der Waals surface area contributed by atoms with Crippen LogP contribution in [0.15, 0.2) is 35.2 Å². The lowest BCUT2D eigenvalue weighted by atomic mass is 10.1. The van der Waals surface area contributed by atoms with Crippen LogP contribution in [0.25, 0.3) is 0 Å². The Kier molecular flexibility index (Phi) is 3.25. The molecule has 0 unspecified atom stereocenters. The summed E-state index contributed by atoms with van der Waals surface area (Å²) in [4.78, 5) is 0.343. The molecule has 0 bridgehead atoms. The smallest absolute Gasteiger partial charge is 0.242 e. The van der Waals surface area contributed by atoms with Gasteiger partial charge in [0.05, 0.1) is 4.90 Å². The number of hydrogen-bond donors (Lipinski definition) is 1. The van der Waals surface area contributed by atoms with Crippen molar-refractivity contribution in [1.29, 1.82) is 0 Å². The first-order valence-corrected chi connectivity index (χ1v) is 7.16. The van der Waals surface area contributed by atoms with E-state index in [1.54, 1.807) is 37.4 Å². The minimum Gasteiger partial charge on any atom is -0.330 e. The zero-order valence-electron chi connectivity index (χ0n) is 9.96. The zero-order chi connectivity index (χ0) is 12.5. The molecule has 1 aromatic rings. The Morgan fingerprint density at radius 3 is 2.35 bits per heavy atom. The Bertz CT molecular complexity index is 480. The van der Waals surface area contributed by atoms with Crippen molar-refractivity contribution in [2.24, 2.45) is 11.1 Å². The van der Waals surface area contributed by atoms with Gasteiger partial charge in [0.2, 0.25) is 10.0 Å². The van der Waals surface area contributed by atoms with Gasteiger partial charge in [-0.05, 0) is 36.9 Å². The molecule has 5 heteroatoms. The molecule has 1 aliphatic carbocycles. The maximum Gasteiger partial charge on any atom is 0.242 e. The monoisotopic (exact) mass is 254 g/mol. The van der Waals surface area contributed by atoms with Crippen molar-refractivity contribution in [3.8, 4) is 0 Å². The van der Waals surface area contributed by atoms with E-state index in [0.29, 0.717) is 18.0 Å². The summed E-state index contributed by atoms with van der Waals surface area (Å²) in [7, 11) is -1.74. The zero-order valence-corrected chi connectivity index (χ0v) is 10.8. The lowest BCUT2D eigenvalue weighted by molar-refractivity contribution is 0.371. The highest BCUT2D eigenvalue weighted by atomic mass is 32.2. The molecule has 0 atom stereocenters. The number of benzene rings is 1. The van der Waals surface area contributed by atoms with Crippen molar-refractivity contribution in [3.63, 3.8) is 0 Å². The van der Waals surface area contributed by atoms with Crippen LogP contribution in [-0.2, 0) is 10.0 Å². The molecule has 0 spiro atoms. The Labute approximate surface area is 102 Å². The first-order valence-electron chi connectivity index (χ1n) is 5.72. The quantitative estimate of drug-likeness (QED) is 0.854. The largest absolute Gasteiger partial charge is 0.330 e. The molecule has 1 saturated carbocycles. The minimum atomic E-state index is -3.36. The summed E-state index contributed by atoms with van der Waals surface area (Å²) >= 11 is 0. The molecule has 0 aliphatic heterocycles. The van der Waals surface area contributed by atoms with Gasteiger partial charge in [-0.1, -0.05) is 18.2 Å². The summed E-state index contributed by atoms with van der Waals surface area (Å²) in [6.45, 7) is 1.07. The van der Waals surface area contributed by atoms with Gasteiger partial charge < -0.3 is 5.73 Å². The highest BCUT2D eigenvalue weighted by Crippen LogP contribution is 2.45. The van der Waals surface area contributed by atoms with Gasteiger partial charge in [-0.3, -0.25) is 0 Å². The maximum atomic E-state index is 12.2. The predicted molar refractivity (Wildman–Crippen MR) is 67.0 cm³/mol. The van der Waals surface area contributed by atoms with Crippen LogP contribution >= 0.6 is 0 Å². The number of rotatable bonds is 5. The Morgan fingerprint density at radius 2 is 1.88 bits per heavy atom. The van der Waals surface area contributed by atoms with E-state index >= 15 is 0 Å². The fraction of sp³-hybridized carbons (Fsp3) is 0.500. The molecule has 4 nitrogen and oxygen atoms in total. The number of nitrogens with zero attached hydrogens (tertiary/aromatic N) is 1. The van der Waals surface area contributed by atoms with Gasteiger partial charge >= 0.3 is 0 Å². The standard InChI is InChI=1S/C12H18N2O2S/c1-14(10-12(9-13)7-8-12)17(15,16)11-5-3-2-4-6-11/h2-6H,7-10,13H2,1H3. The molecule has 2 rings (SSSR count). The van der Waals surface area contributed by atoms with Crippen LogP contribution in [0, 0.1) is 5.41 Å². The molecule has 1 aromatic carbocycles. The fourth-order valence-corrected chi connectivity index (χ4v) is 3.24. The third kappa shape index (κ3) is 2.51. The highest BCUT2D eigenvalue weighted by Gasteiger charge is 2.43. The van der Waals surface area contributed by atoms with Gasteiger partial charge in [-0.2, -0.15) is 0 Å². The van der Waals surface area contributed by atoms with E-state index in [0.717, 1.165) is 12.8 Å². The molecule has 0 amide bonds. The van der Waals surface area contributed by atoms with Crippen LogP contribution in [0.1, 0.15) is 12.8 Å².